The Kier molecular flexibility index (Phi) is 4.34. The standard InChI is InChI=1S/C20H15BrN2O3/c21-17-9-22-10-18(19(17)24)23-20(25)26-11-16-14-7-3-1-5-12(14)13-6-2-4-8-15(13)16/h1-10,16H,11H2,(H,22,24)(H,23,25). The topological polar surface area (TPSA) is 71.2 Å². The minimum absolute atomic E-state index is 0.0195. The van der Waals surface area contributed by atoms with Gasteiger partial charge in [0.15, 0.2) is 0 Å². The Hall–Kier alpha value is -2.86. The van der Waals surface area contributed by atoms with Crippen molar-refractivity contribution >= 4 is 27.7 Å². The van der Waals surface area contributed by atoms with Gasteiger partial charge >= 0.3 is 6.09 Å². The maximum absolute atomic E-state index is 12.2. The van der Waals surface area contributed by atoms with Gasteiger partial charge in [-0.15, -0.1) is 0 Å². The summed E-state index contributed by atoms with van der Waals surface area (Å²) >= 11 is 3.13. The van der Waals surface area contributed by atoms with Gasteiger partial charge in [-0.3, -0.25) is 10.1 Å². The highest BCUT2D eigenvalue weighted by Crippen LogP contribution is 2.44. The molecule has 0 aliphatic heterocycles. The Morgan fingerprint density at radius 3 is 2.31 bits per heavy atom. The van der Waals surface area contributed by atoms with Crippen LogP contribution in [0.5, 0.6) is 0 Å². The molecule has 0 unspecified atom stereocenters. The first-order valence-corrected chi connectivity index (χ1v) is 8.93. The van der Waals surface area contributed by atoms with Crippen molar-refractivity contribution in [1.29, 1.82) is 0 Å². The molecule has 1 heterocycles. The third kappa shape index (κ3) is 2.93. The molecule has 6 heteroatoms. The molecule has 1 amide bonds. The lowest BCUT2D eigenvalue weighted by Crippen LogP contribution is -2.21. The molecule has 0 radical (unpaired) electrons. The summed E-state index contributed by atoms with van der Waals surface area (Å²) < 4.78 is 5.76. The van der Waals surface area contributed by atoms with Crippen molar-refractivity contribution < 1.29 is 9.53 Å². The average Bonchev–Trinajstić information content (AvgIpc) is 2.98. The Balaban J connectivity index is 1.52. The minimum atomic E-state index is -0.657. The van der Waals surface area contributed by atoms with Crippen molar-refractivity contribution in [1.82, 2.24) is 4.98 Å². The number of anilines is 1. The number of hydrogen-bond donors (Lipinski definition) is 2. The van der Waals surface area contributed by atoms with Crippen molar-refractivity contribution in [2.75, 3.05) is 11.9 Å². The summed E-state index contributed by atoms with van der Waals surface area (Å²) in [4.78, 5) is 26.9. The van der Waals surface area contributed by atoms with Gasteiger partial charge in [-0.1, -0.05) is 48.5 Å². The molecule has 2 N–H and O–H groups in total. The second-order valence-electron chi connectivity index (χ2n) is 6.00. The molecule has 1 aromatic heterocycles. The number of carbonyl (C=O) groups excluding carboxylic acids is 1. The van der Waals surface area contributed by atoms with Crippen LogP contribution in [0.1, 0.15) is 17.0 Å². The predicted molar refractivity (Wildman–Crippen MR) is 103 cm³/mol. The minimum Gasteiger partial charge on any atom is -0.448 e. The van der Waals surface area contributed by atoms with E-state index in [1.54, 1.807) is 0 Å². The smallest absolute Gasteiger partial charge is 0.411 e. The van der Waals surface area contributed by atoms with Crippen LogP contribution in [0, 0.1) is 0 Å². The number of benzene rings is 2. The van der Waals surface area contributed by atoms with Gasteiger partial charge in [0, 0.05) is 18.3 Å². The number of nitrogens with one attached hydrogen (secondary N) is 2. The normalized spacial score (nSPS) is 12.3. The number of halogens is 1. The van der Waals surface area contributed by atoms with E-state index in [9.17, 15) is 9.59 Å². The summed E-state index contributed by atoms with van der Waals surface area (Å²) in [6, 6.07) is 16.2. The van der Waals surface area contributed by atoms with E-state index in [2.05, 4.69) is 50.5 Å². The third-order valence-corrected chi connectivity index (χ3v) is 5.07. The maximum Gasteiger partial charge on any atom is 0.411 e. The first kappa shape index (κ1) is 16.6. The van der Waals surface area contributed by atoms with E-state index >= 15 is 0 Å². The van der Waals surface area contributed by atoms with Crippen molar-refractivity contribution in [2.45, 2.75) is 5.92 Å². The van der Waals surface area contributed by atoms with Crippen LogP contribution in [0.2, 0.25) is 0 Å². The number of aromatic nitrogens is 1. The number of fused-ring (bicyclic) bond motifs is 3. The molecule has 5 nitrogen and oxygen atoms in total. The van der Waals surface area contributed by atoms with Crippen LogP contribution >= 0.6 is 15.9 Å². The summed E-state index contributed by atoms with van der Waals surface area (Å²) in [5, 5.41) is 2.49. The van der Waals surface area contributed by atoms with Crippen molar-refractivity contribution in [3.63, 3.8) is 0 Å². The van der Waals surface area contributed by atoms with E-state index in [1.807, 2.05) is 24.3 Å². The molecule has 130 valence electrons. The number of H-pyrrole nitrogens is 1. The Bertz CT molecular complexity index is 999. The van der Waals surface area contributed by atoms with Crippen LogP contribution in [0.3, 0.4) is 0 Å². The second kappa shape index (κ2) is 6.80. The van der Waals surface area contributed by atoms with E-state index in [1.165, 1.54) is 23.5 Å². The van der Waals surface area contributed by atoms with E-state index in [0.29, 0.717) is 4.47 Å². The van der Waals surface area contributed by atoms with E-state index in [0.717, 1.165) is 11.1 Å². The van der Waals surface area contributed by atoms with Crippen molar-refractivity contribution in [3.8, 4) is 11.1 Å². The highest BCUT2D eigenvalue weighted by Gasteiger charge is 2.29. The predicted octanol–water partition coefficient (Wildman–Crippen LogP) is 4.50. The van der Waals surface area contributed by atoms with Gasteiger partial charge < -0.3 is 9.72 Å². The number of pyridine rings is 1. The van der Waals surface area contributed by atoms with Crippen LogP contribution in [0.15, 0.2) is 70.2 Å². The molecule has 0 saturated carbocycles. The van der Waals surface area contributed by atoms with Crippen LogP contribution in [-0.4, -0.2) is 17.7 Å². The molecule has 0 atom stereocenters. The third-order valence-electron chi connectivity index (χ3n) is 4.48. The van der Waals surface area contributed by atoms with Crippen LogP contribution in [0.25, 0.3) is 11.1 Å². The lowest BCUT2D eigenvalue weighted by Gasteiger charge is -2.14. The Labute approximate surface area is 158 Å². The molecule has 1 aliphatic carbocycles. The number of amides is 1. The summed E-state index contributed by atoms with van der Waals surface area (Å²) in [6.45, 7) is 0.200. The molecule has 0 saturated heterocycles. The lowest BCUT2D eigenvalue weighted by molar-refractivity contribution is 0.158. The average molecular weight is 411 g/mol. The van der Waals surface area contributed by atoms with Gasteiger partial charge in [0.05, 0.1) is 4.47 Å². The van der Waals surface area contributed by atoms with Crippen molar-refractivity contribution in [2.24, 2.45) is 0 Å². The molecule has 4 rings (SSSR count). The maximum atomic E-state index is 12.2. The van der Waals surface area contributed by atoms with Crippen LogP contribution < -0.4 is 10.7 Å². The zero-order valence-electron chi connectivity index (χ0n) is 13.7. The highest BCUT2D eigenvalue weighted by atomic mass is 79.9. The number of rotatable bonds is 3. The second-order valence-corrected chi connectivity index (χ2v) is 6.85. The van der Waals surface area contributed by atoms with Crippen LogP contribution in [0.4, 0.5) is 10.5 Å². The largest absolute Gasteiger partial charge is 0.448 e. The fourth-order valence-corrected chi connectivity index (χ4v) is 3.64. The number of ether oxygens (including phenoxy) is 1. The Morgan fingerprint density at radius 2 is 1.65 bits per heavy atom. The van der Waals surface area contributed by atoms with Crippen molar-refractivity contribution in [3.05, 3.63) is 86.7 Å². The first-order chi connectivity index (χ1) is 12.6. The van der Waals surface area contributed by atoms with E-state index in [-0.39, 0.29) is 23.6 Å². The molecule has 0 bridgehead atoms. The molecule has 0 spiro atoms. The molecular formula is C20H15BrN2O3. The molecule has 3 aromatic rings. The molecule has 0 fully saturated rings. The number of hydrogen-bond acceptors (Lipinski definition) is 3. The van der Waals surface area contributed by atoms with E-state index < -0.39 is 6.09 Å². The fourth-order valence-electron chi connectivity index (χ4n) is 3.30. The van der Waals surface area contributed by atoms with Crippen LogP contribution in [-0.2, 0) is 4.74 Å². The first-order valence-electron chi connectivity index (χ1n) is 8.14. The zero-order chi connectivity index (χ0) is 18.1. The summed E-state index contributed by atoms with van der Waals surface area (Å²) in [6.07, 6.45) is 2.27. The van der Waals surface area contributed by atoms with Gasteiger partial charge in [-0.2, -0.15) is 0 Å². The van der Waals surface area contributed by atoms with Gasteiger partial charge in [-0.05, 0) is 38.2 Å². The number of aromatic amines is 1. The molecule has 26 heavy (non-hydrogen) atoms. The monoisotopic (exact) mass is 410 g/mol. The SMILES string of the molecule is O=C(Nc1c[nH]cc(Br)c1=O)OCC1c2ccccc2-c2ccccc21. The zero-order valence-corrected chi connectivity index (χ0v) is 15.2. The Morgan fingerprint density at radius 1 is 1.04 bits per heavy atom. The quantitative estimate of drug-likeness (QED) is 0.667. The summed E-state index contributed by atoms with van der Waals surface area (Å²) in [7, 11) is 0. The lowest BCUT2D eigenvalue weighted by atomic mass is 9.98. The summed E-state index contributed by atoms with van der Waals surface area (Å²) in [5.74, 6) is -0.0195. The van der Waals surface area contributed by atoms with Gasteiger partial charge in [0.1, 0.15) is 12.3 Å². The van der Waals surface area contributed by atoms with Gasteiger partial charge in [0.2, 0.25) is 5.43 Å². The summed E-state index contributed by atoms with van der Waals surface area (Å²) in [5.41, 5.74) is 4.44. The number of carbonyl (C=O) groups is 1. The molecular weight excluding hydrogens is 396 g/mol. The molecule has 1 aliphatic rings. The fraction of sp³-hybridized carbons (Fsp3) is 0.100. The highest BCUT2D eigenvalue weighted by molar-refractivity contribution is 9.10. The van der Waals surface area contributed by atoms with Gasteiger partial charge in [0.25, 0.3) is 0 Å². The molecule has 2 aromatic carbocycles. The van der Waals surface area contributed by atoms with E-state index in [4.69, 9.17) is 4.74 Å². The van der Waals surface area contributed by atoms with Gasteiger partial charge in [-0.25, -0.2) is 4.79 Å².